The van der Waals surface area contributed by atoms with Crippen molar-refractivity contribution in [1.82, 2.24) is 20.4 Å². The lowest BCUT2D eigenvalue weighted by Gasteiger charge is -2.19. The van der Waals surface area contributed by atoms with Crippen molar-refractivity contribution < 1.29 is 9.53 Å². The van der Waals surface area contributed by atoms with Gasteiger partial charge in [-0.15, -0.1) is 12.4 Å². The van der Waals surface area contributed by atoms with Crippen LogP contribution in [-0.2, 0) is 18.4 Å². The summed E-state index contributed by atoms with van der Waals surface area (Å²) in [6.45, 7) is 8.01. The Bertz CT molecular complexity index is 775. The summed E-state index contributed by atoms with van der Waals surface area (Å²) >= 11 is 0. The molecule has 2 atom stereocenters. The first-order chi connectivity index (χ1) is 12.4. The van der Waals surface area contributed by atoms with Gasteiger partial charge in [0.2, 0.25) is 5.91 Å². The normalized spacial score (nSPS) is 19.0. The van der Waals surface area contributed by atoms with E-state index in [1.165, 1.54) is 0 Å². The number of amides is 1. The van der Waals surface area contributed by atoms with Crippen LogP contribution in [0.15, 0.2) is 30.6 Å². The van der Waals surface area contributed by atoms with Gasteiger partial charge in [-0.25, -0.2) is 0 Å². The molecule has 7 heteroatoms. The summed E-state index contributed by atoms with van der Waals surface area (Å²) in [7, 11) is 1.90. The molecule has 0 unspecified atom stereocenters. The molecule has 1 fully saturated rings. The Morgan fingerprint density at radius 1 is 1.41 bits per heavy atom. The monoisotopic (exact) mass is 392 g/mol. The zero-order chi connectivity index (χ0) is 18.7. The first-order valence-electron chi connectivity index (χ1n) is 9.17. The molecule has 3 rings (SSSR count). The van der Waals surface area contributed by atoms with Crippen molar-refractivity contribution in [2.24, 2.45) is 13.0 Å². The van der Waals surface area contributed by atoms with Crippen LogP contribution in [0.3, 0.4) is 0 Å². The molecular formula is C20H29ClN4O2. The quantitative estimate of drug-likeness (QED) is 0.792. The van der Waals surface area contributed by atoms with Gasteiger partial charge >= 0.3 is 0 Å². The number of hydrogen-bond donors (Lipinski definition) is 2. The van der Waals surface area contributed by atoms with E-state index in [-0.39, 0.29) is 36.3 Å². The van der Waals surface area contributed by atoms with Gasteiger partial charge in [0.05, 0.1) is 18.2 Å². The fraction of sp³-hybridized carbons (Fsp3) is 0.500. The van der Waals surface area contributed by atoms with E-state index in [1.54, 1.807) is 4.68 Å². The lowest BCUT2D eigenvalue weighted by molar-refractivity contribution is -0.125. The maximum atomic E-state index is 12.8. The molecule has 0 aliphatic carbocycles. The van der Waals surface area contributed by atoms with E-state index in [0.29, 0.717) is 13.1 Å². The first-order valence-corrected chi connectivity index (χ1v) is 9.17. The Labute approximate surface area is 167 Å². The number of benzene rings is 1. The smallest absolute Gasteiger partial charge is 0.225 e. The molecule has 1 saturated heterocycles. The van der Waals surface area contributed by atoms with Crippen LogP contribution in [0, 0.1) is 12.8 Å². The molecule has 27 heavy (non-hydrogen) atoms. The summed E-state index contributed by atoms with van der Waals surface area (Å²) in [5.74, 6) is 0.987. The van der Waals surface area contributed by atoms with Crippen LogP contribution in [-0.4, -0.2) is 34.9 Å². The molecule has 0 bridgehead atoms. The second kappa shape index (κ2) is 9.24. The van der Waals surface area contributed by atoms with Crippen molar-refractivity contribution in [3.63, 3.8) is 0 Å². The molecule has 1 aromatic heterocycles. The van der Waals surface area contributed by atoms with E-state index in [2.05, 4.69) is 15.7 Å². The summed E-state index contributed by atoms with van der Waals surface area (Å²) < 4.78 is 7.68. The number of nitrogens with zero attached hydrogens (tertiary/aromatic N) is 2. The molecule has 1 aliphatic rings. The van der Waals surface area contributed by atoms with Crippen LogP contribution in [0.4, 0.5) is 0 Å². The third-order valence-electron chi connectivity index (χ3n) is 4.74. The molecule has 6 nitrogen and oxygen atoms in total. The predicted octanol–water partition coefficient (Wildman–Crippen LogP) is 2.56. The number of rotatable bonds is 6. The van der Waals surface area contributed by atoms with Gasteiger partial charge in [-0.1, -0.05) is 12.1 Å². The van der Waals surface area contributed by atoms with E-state index in [4.69, 9.17) is 4.74 Å². The van der Waals surface area contributed by atoms with Crippen molar-refractivity contribution in [3.8, 4) is 5.75 Å². The van der Waals surface area contributed by atoms with Gasteiger partial charge in [-0.3, -0.25) is 9.48 Å². The molecule has 0 radical (unpaired) electrons. The average Bonchev–Trinajstić information content (AvgIpc) is 3.21. The number of hydrogen-bond acceptors (Lipinski definition) is 4. The van der Waals surface area contributed by atoms with E-state index >= 15 is 0 Å². The molecule has 0 spiro atoms. The fourth-order valence-corrected chi connectivity index (χ4v) is 3.42. The maximum absolute atomic E-state index is 12.8. The zero-order valence-corrected chi connectivity index (χ0v) is 17.2. The average molecular weight is 393 g/mol. The molecule has 0 saturated carbocycles. The van der Waals surface area contributed by atoms with Gasteiger partial charge in [-0.2, -0.15) is 5.10 Å². The van der Waals surface area contributed by atoms with E-state index < -0.39 is 0 Å². The Hall–Kier alpha value is -2.05. The molecule has 1 amide bonds. The van der Waals surface area contributed by atoms with Crippen molar-refractivity contribution in [3.05, 3.63) is 47.3 Å². The molecule has 2 aromatic rings. The van der Waals surface area contributed by atoms with E-state index in [1.807, 2.05) is 58.4 Å². The highest BCUT2D eigenvalue weighted by Gasteiger charge is 2.34. The standard InChI is InChI=1S/C20H28N4O2.ClH/c1-13(2)26-19-7-14(3)5-6-15(19)8-22-20(25)18-11-21-10-17(18)16-9-23-24(4)12-16;/h5-7,9,12-13,17-18,21H,8,10-11H2,1-4H3,(H,22,25);1H/t17-,18+;/m1./s1. The predicted molar refractivity (Wildman–Crippen MR) is 108 cm³/mol. The SMILES string of the molecule is Cc1ccc(CNC(=O)[C@H]2CNC[C@@H]2c2cnn(C)c2)c(OC(C)C)c1.Cl. The second-order valence-electron chi connectivity index (χ2n) is 7.31. The van der Waals surface area contributed by atoms with Crippen LogP contribution in [0.5, 0.6) is 5.75 Å². The van der Waals surface area contributed by atoms with Crippen molar-refractivity contribution in [2.75, 3.05) is 13.1 Å². The van der Waals surface area contributed by atoms with Crippen LogP contribution < -0.4 is 15.4 Å². The number of nitrogens with one attached hydrogen (secondary N) is 2. The molecule has 2 N–H and O–H groups in total. The summed E-state index contributed by atoms with van der Waals surface area (Å²) in [5, 5.41) is 10.7. The van der Waals surface area contributed by atoms with E-state index in [0.717, 1.165) is 29.0 Å². The highest BCUT2D eigenvalue weighted by atomic mass is 35.5. The third-order valence-corrected chi connectivity index (χ3v) is 4.74. The molecular weight excluding hydrogens is 364 g/mol. The Morgan fingerprint density at radius 2 is 2.19 bits per heavy atom. The molecule has 2 heterocycles. The van der Waals surface area contributed by atoms with Crippen molar-refractivity contribution >= 4 is 18.3 Å². The summed E-state index contributed by atoms with van der Waals surface area (Å²) in [5.41, 5.74) is 3.26. The summed E-state index contributed by atoms with van der Waals surface area (Å²) in [6.07, 6.45) is 3.94. The number of halogens is 1. The topological polar surface area (TPSA) is 68.2 Å². The summed E-state index contributed by atoms with van der Waals surface area (Å²) in [4.78, 5) is 12.8. The number of carbonyl (C=O) groups excluding carboxylic acids is 1. The number of carbonyl (C=O) groups is 1. The minimum Gasteiger partial charge on any atom is -0.491 e. The van der Waals surface area contributed by atoms with E-state index in [9.17, 15) is 4.79 Å². The number of aromatic nitrogens is 2. The minimum absolute atomic E-state index is 0. The third kappa shape index (κ3) is 5.23. The van der Waals surface area contributed by atoms with Crippen LogP contribution in [0.25, 0.3) is 0 Å². The number of ether oxygens (including phenoxy) is 1. The molecule has 148 valence electrons. The molecule has 1 aromatic carbocycles. The Balaban J connectivity index is 0.00000261. The van der Waals surface area contributed by atoms with Crippen molar-refractivity contribution in [1.29, 1.82) is 0 Å². The van der Waals surface area contributed by atoms with Crippen LogP contribution >= 0.6 is 12.4 Å². The highest BCUT2D eigenvalue weighted by molar-refractivity contribution is 5.85. The van der Waals surface area contributed by atoms with Crippen LogP contribution in [0.1, 0.15) is 36.5 Å². The fourth-order valence-electron chi connectivity index (χ4n) is 3.42. The lowest BCUT2D eigenvalue weighted by atomic mass is 9.90. The van der Waals surface area contributed by atoms with Crippen molar-refractivity contribution in [2.45, 2.75) is 39.3 Å². The lowest BCUT2D eigenvalue weighted by Crippen LogP contribution is -2.34. The Morgan fingerprint density at radius 3 is 2.85 bits per heavy atom. The maximum Gasteiger partial charge on any atom is 0.225 e. The largest absolute Gasteiger partial charge is 0.491 e. The van der Waals surface area contributed by atoms with Gasteiger partial charge in [0.15, 0.2) is 0 Å². The first kappa shape index (κ1) is 21.3. The minimum atomic E-state index is -0.0842. The summed E-state index contributed by atoms with van der Waals surface area (Å²) in [6, 6.07) is 6.10. The second-order valence-corrected chi connectivity index (χ2v) is 7.31. The Kier molecular flexibility index (Phi) is 7.27. The van der Waals surface area contributed by atoms with Gasteiger partial charge in [0, 0.05) is 44.4 Å². The van der Waals surface area contributed by atoms with Gasteiger partial charge in [-0.05, 0) is 38.0 Å². The zero-order valence-electron chi connectivity index (χ0n) is 16.4. The van der Waals surface area contributed by atoms with Gasteiger partial charge < -0.3 is 15.4 Å². The molecule has 1 aliphatic heterocycles. The van der Waals surface area contributed by atoms with Gasteiger partial charge in [0.1, 0.15) is 5.75 Å². The van der Waals surface area contributed by atoms with Crippen LogP contribution in [0.2, 0.25) is 0 Å². The number of aryl methyl sites for hydroxylation is 2. The van der Waals surface area contributed by atoms with Gasteiger partial charge in [0.25, 0.3) is 0 Å². The highest BCUT2D eigenvalue weighted by Crippen LogP contribution is 2.28.